The van der Waals surface area contributed by atoms with Gasteiger partial charge in [-0.15, -0.1) is 0 Å². The summed E-state index contributed by atoms with van der Waals surface area (Å²) in [5, 5.41) is 6.84. The van der Waals surface area contributed by atoms with Crippen LogP contribution in [0.15, 0.2) is 36.7 Å². The highest BCUT2D eigenvalue weighted by atomic mass is 16.1. The predicted molar refractivity (Wildman–Crippen MR) is 139 cm³/mol. The molecule has 0 N–H and O–H groups in total. The fourth-order valence-electron chi connectivity index (χ4n) is 6.04. The number of aryl methyl sites for hydroxylation is 1. The molecular weight excluding hydrogens is 434 g/mol. The van der Waals surface area contributed by atoms with E-state index in [2.05, 4.69) is 44.1 Å². The zero-order valence-electron chi connectivity index (χ0n) is 21.0. The van der Waals surface area contributed by atoms with Gasteiger partial charge in [0.2, 0.25) is 0 Å². The maximum Gasteiger partial charge on any atom is 0.152 e. The van der Waals surface area contributed by atoms with E-state index in [9.17, 15) is 4.79 Å². The molecule has 6 heteroatoms. The number of carbonyl (C=O) groups is 1. The Bertz CT molecular complexity index is 1210. The molecule has 1 spiro atoms. The van der Waals surface area contributed by atoms with Gasteiger partial charge in [0.15, 0.2) is 5.78 Å². The summed E-state index contributed by atoms with van der Waals surface area (Å²) in [6.07, 6.45) is 13.6. The summed E-state index contributed by atoms with van der Waals surface area (Å²) in [6, 6.07) is 8.66. The first-order chi connectivity index (χ1) is 17.1. The van der Waals surface area contributed by atoms with Crippen molar-refractivity contribution in [3.8, 4) is 11.1 Å². The number of ketones is 1. The average Bonchev–Trinajstić information content (AvgIpc) is 3.54. The molecule has 1 saturated carbocycles. The number of rotatable bonds is 7. The molecule has 3 aromatic rings. The van der Waals surface area contributed by atoms with Gasteiger partial charge in [-0.05, 0) is 93.2 Å². The Morgan fingerprint density at radius 1 is 0.914 bits per heavy atom. The van der Waals surface area contributed by atoms with Gasteiger partial charge >= 0.3 is 0 Å². The van der Waals surface area contributed by atoms with Crippen molar-refractivity contribution >= 4 is 16.6 Å². The third kappa shape index (κ3) is 5.05. The van der Waals surface area contributed by atoms with Crippen LogP contribution in [-0.4, -0.2) is 63.1 Å². The summed E-state index contributed by atoms with van der Waals surface area (Å²) in [4.78, 5) is 22.3. The summed E-state index contributed by atoms with van der Waals surface area (Å²) in [5.41, 5.74) is 5.18. The minimum Gasteiger partial charge on any atom is -0.298 e. The molecule has 0 bridgehead atoms. The van der Waals surface area contributed by atoms with Gasteiger partial charge in [-0.25, -0.2) is 0 Å². The van der Waals surface area contributed by atoms with Crippen molar-refractivity contribution < 1.29 is 4.79 Å². The zero-order valence-corrected chi connectivity index (χ0v) is 21.0. The molecule has 0 atom stereocenters. The minimum atomic E-state index is 0.274. The number of carbonyl (C=O) groups excluding carboxylic acids is 1. The highest BCUT2D eigenvalue weighted by molar-refractivity contribution is 5.89. The topological polar surface area (TPSA) is 54.3 Å². The van der Waals surface area contributed by atoms with E-state index in [-0.39, 0.29) is 5.78 Å². The van der Waals surface area contributed by atoms with Gasteiger partial charge in [-0.2, -0.15) is 5.10 Å². The number of likely N-dealkylation sites (tertiary alicyclic amines) is 2. The Balaban J connectivity index is 1.16. The van der Waals surface area contributed by atoms with Crippen LogP contribution in [-0.2, 0) is 24.8 Å². The predicted octanol–water partition coefficient (Wildman–Crippen LogP) is 4.61. The zero-order chi connectivity index (χ0) is 23.8. The number of benzene rings is 1. The van der Waals surface area contributed by atoms with E-state index in [1.54, 1.807) is 0 Å². The molecular formula is C29H37N5O. The van der Waals surface area contributed by atoms with Crippen molar-refractivity contribution in [1.29, 1.82) is 0 Å². The van der Waals surface area contributed by atoms with Crippen molar-refractivity contribution in [3.63, 3.8) is 0 Å². The van der Waals surface area contributed by atoms with Crippen LogP contribution >= 0.6 is 0 Å². The molecule has 0 unspecified atom stereocenters. The van der Waals surface area contributed by atoms with Crippen molar-refractivity contribution in [2.75, 3.05) is 32.7 Å². The summed E-state index contributed by atoms with van der Waals surface area (Å²) in [6.45, 7) is 5.99. The lowest BCUT2D eigenvalue weighted by Crippen LogP contribution is -2.38. The lowest BCUT2D eigenvalue weighted by molar-refractivity contribution is -0.120. The Labute approximate surface area is 208 Å². The van der Waals surface area contributed by atoms with Crippen LogP contribution in [0.25, 0.3) is 21.9 Å². The van der Waals surface area contributed by atoms with Crippen LogP contribution in [0, 0.1) is 5.41 Å². The maximum atomic E-state index is 12.8. The van der Waals surface area contributed by atoms with Crippen LogP contribution in [0.1, 0.15) is 56.3 Å². The van der Waals surface area contributed by atoms with Crippen LogP contribution < -0.4 is 0 Å². The smallest absolute Gasteiger partial charge is 0.152 e. The Morgan fingerprint density at radius 2 is 1.71 bits per heavy atom. The molecule has 0 amide bonds. The number of aromatic nitrogens is 3. The molecule has 2 aliphatic heterocycles. The third-order valence-corrected chi connectivity index (χ3v) is 8.63. The molecule has 184 valence electrons. The van der Waals surface area contributed by atoms with Gasteiger partial charge < -0.3 is 0 Å². The lowest BCUT2D eigenvalue weighted by Gasteiger charge is -2.31. The number of pyridine rings is 1. The van der Waals surface area contributed by atoms with E-state index in [1.165, 1.54) is 74.9 Å². The molecule has 4 heterocycles. The van der Waals surface area contributed by atoms with E-state index in [0.717, 1.165) is 36.1 Å². The molecule has 1 aliphatic carbocycles. The standard InChI is InChI=1S/C29H37N5O/c1-32-28(21-33-11-3-2-4-12-33)27(19-31-32)22-5-6-23-18-30-25(16-24(23)15-22)17-26(35)20-34-13-9-29(7-8-29)10-14-34/h5-6,15-16,18-19H,2-4,7-14,17,20-21H2,1H3. The normalized spacial score (nSPS) is 20.5. The fourth-order valence-corrected chi connectivity index (χ4v) is 6.04. The molecule has 3 fully saturated rings. The van der Waals surface area contributed by atoms with Crippen molar-refractivity contribution in [3.05, 3.63) is 48.0 Å². The SMILES string of the molecule is Cn1ncc(-c2ccc3cnc(CC(=O)CN4CCC5(CC4)CC5)cc3c2)c1CN1CCCCC1. The van der Waals surface area contributed by atoms with E-state index in [0.29, 0.717) is 18.4 Å². The summed E-state index contributed by atoms with van der Waals surface area (Å²) >= 11 is 0. The van der Waals surface area contributed by atoms with Crippen molar-refractivity contribution in [2.45, 2.75) is 57.9 Å². The molecule has 2 aromatic heterocycles. The number of fused-ring (bicyclic) bond motifs is 1. The number of hydrogen-bond acceptors (Lipinski definition) is 5. The highest BCUT2D eigenvalue weighted by Crippen LogP contribution is 2.53. The van der Waals surface area contributed by atoms with Gasteiger partial charge in [-0.3, -0.25) is 24.3 Å². The molecule has 35 heavy (non-hydrogen) atoms. The van der Waals surface area contributed by atoms with E-state index >= 15 is 0 Å². The summed E-state index contributed by atoms with van der Waals surface area (Å²) in [7, 11) is 2.05. The molecule has 6 rings (SSSR count). The lowest BCUT2D eigenvalue weighted by atomic mass is 9.93. The minimum absolute atomic E-state index is 0.274. The van der Waals surface area contributed by atoms with Crippen LogP contribution in [0.4, 0.5) is 0 Å². The largest absolute Gasteiger partial charge is 0.298 e. The average molecular weight is 472 g/mol. The molecule has 2 saturated heterocycles. The van der Waals surface area contributed by atoms with Crippen molar-refractivity contribution in [1.82, 2.24) is 24.6 Å². The highest BCUT2D eigenvalue weighted by Gasteiger charge is 2.44. The maximum absolute atomic E-state index is 12.8. The van der Waals surface area contributed by atoms with Crippen LogP contribution in [0.5, 0.6) is 0 Å². The van der Waals surface area contributed by atoms with E-state index in [4.69, 9.17) is 0 Å². The van der Waals surface area contributed by atoms with Crippen LogP contribution in [0.2, 0.25) is 0 Å². The van der Waals surface area contributed by atoms with Gasteiger partial charge in [-0.1, -0.05) is 18.6 Å². The van der Waals surface area contributed by atoms with Gasteiger partial charge in [0.1, 0.15) is 0 Å². The number of hydrogen-bond donors (Lipinski definition) is 0. The first kappa shape index (κ1) is 22.9. The number of Topliss-reactive ketones (excluding diaryl/α,β-unsaturated/α-hetero) is 1. The number of nitrogens with zero attached hydrogens (tertiary/aromatic N) is 5. The first-order valence-corrected chi connectivity index (χ1v) is 13.4. The van der Waals surface area contributed by atoms with Gasteiger partial charge in [0.25, 0.3) is 0 Å². The second-order valence-corrected chi connectivity index (χ2v) is 11.2. The number of piperidine rings is 2. The van der Waals surface area contributed by atoms with E-state index < -0.39 is 0 Å². The third-order valence-electron chi connectivity index (χ3n) is 8.63. The van der Waals surface area contributed by atoms with Crippen molar-refractivity contribution in [2.24, 2.45) is 12.5 Å². The van der Waals surface area contributed by atoms with E-state index in [1.807, 2.05) is 24.1 Å². The van der Waals surface area contributed by atoms with Gasteiger partial charge in [0.05, 0.1) is 24.9 Å². The van der Waals surface area contributed by atoms with Crippen LogP contribution in [0.3, 0.4) is 0 Å². The first-order valence-electron chi connectivity index (χ1n) is 13.4. The molecule has 0 radical (unpaired) electrons. The second kappa shape index (κ2) is 9.47. The molecule has 1 aromatic carbocycles. The fraction of sp³-hybridized carbons (Fsp3) is 0.552. The Kier molecular flexibility index (Phi) is 6.19. The molecule has 3 aliphatic rings. The second-order valence-electron chi connectivity index (χ2n) is 11.2. The molecule has 6 nitrogen and oxygen atoms in total. The van der Waals surface area contributed by atoms with Gasteiger partial charge in [0, 0.05) is 36.4 Å². The Morgan fingerprint density at radius 3 is 2.49 bits per heavy atom. The quantitative estimate of drug-likeness (QED) is 0.504. The monoisotopic (exact) mass is 471 g/mol. The Hall–Kier alpha value is -2.57. The summed E-state index contributed by atoms with van der Waals surface area (Å²) < 4.78 is 2.02. The summed E-state index contributed by atoms with van der Waals surface area (Å²) in [5.74, 6) is 0.274.